The normalized spacial score (nSPS) is 11.0. The maximum Gasteiger partial charge on any atom is 0.281 e. The molecule has 2 heterocycles. The van der Waals surface area contributed by atoms with E-state index in [0.717, 1.165) is 0 Å². The largest absolute Gasteiger partial charge is 0.300 e. The lowest BCUT2D eigenvalue weighted by Gasteiger charge is -2.06. The summed E-state index contributed by atoms with van der Waals surface area (Å²) in [5.41, 5.74) is 0.503. The summed E-state index contributed by atoms with van der Waals surface area (Å²) in [4.78, 5) is 23.8. The second-order valence-corrected chi connectivity index (χ2v) is 5.79. The highest BCUT2D eigenvalue weighted by molar-refractivity contribution is 7.21. The van der Waals surface area contributed by atoms with Crippen LogP contribution in [0.25, 0.3) is 10.1 Å². The predicted octanol–water partition coefficient (Wildman–Crippen LogP) is 3.22. The van der Waals surface area contributed by atoms with Gasteiger partial charge in [0.15, 0.2) is 22.6 Å². The molecule has 0 radical (unpaired) electrons. The van der Waals surface area contributed by atoms with Crippen LogP contribution in [0.15, 0.2) is 16.9 Å². The Hall–Kier alpha value is -2.55. The van der Waals surface area contributed by atoms with Gasteiger partial charge in [-0.1, -0.05) is 11.3 Å². The van der Waals surface area contributed by atoms with Crippen molar-refractivity contribution in [2.45, 2.75) is 13.8 Å². The van der Waals surface area contributed by atoms with Crippen molar-refractivity contribution in [3.63, 3.8) is 0 Å². The van der Waals surface area contributed by atoms with Gasteiger partial charge in [-0.3, -0.25) is 10.1 Å². The van der Waals surface area contributed by atoms with Crippen molar-refractivity contribution in [3.05, 3.63) is 51.3 Å². The fraction of sp³-hybridized carbons (Fsp3) is 0.143. The lowest BCUT2D eigenvalue weighted by atomic mass is 10.2. The van der Waals surface area contributed by atoms with Crippen LogP contribution in [0, 0.1) is 31.3 Å². The number of rotatable bonds is 2. The summed E-state index contributed by atoms with van der Waals surface area (Å²) < 4.78 is 40.1. The third-order valence-electron chi connectivity index (χ3n) is 2.95. The van der Waals surface area contributed by atoms with Crippen LogP contribution >= 0.6 is 11.3 Å². The Morgan fingerprint density at radius 2 is 1.65 bits per heavy atom. The van der Waals surface area contributed by atoms with Crippen LogP contribution in [-0.4, -0.2) is 15.0 Å². The van der Waals surface area contributed by atoms with E-state index < -0.39 is 23.0 Å². The molecule has 5 nitrogen and oxygen atoms in total. The molecule has 0 bridgehead atoms. The van der Waals surface area contributed by atoms with Crippen LogP contribution < -0.4 is 10.9 Å². The quantitative estimate of drug-likeness (QED) is 0.727. The Morgan fingerprint density at radius 3 is 2.30 bits per heavy atom. The first-order chi connectivity index (χ1) is 10.8. The molecule has 0 saturated carbocycles. The van der Waals surface area contributed by atoms with Crippen LogP contribution in [0.4, 0.5) is 24.3 Å². The van der Waals surface area contributed by atoms with Crippen LogP contribution in [-0.2, 0) is 0 Å². The lowest BCUT2D eigenvalue weighted by molar-refractivity contribution is 0.454. The molecular formula is C14H9F3N4OS. The average Bonchev–Trinajstić information content (AvgIpc) is 2.45. The molecule has 23 heavy (non-hydrogen) atoms. The minimum atomic E-state index is -1.63. The van der Waals surface area contributed by atoms with E-state index >= 15 is 0 Å². The predicted molar refractivity (Wildman–Crippen MR) is 80.6 cm³/mol. The molecule has 0 fully saturated rings. The monoisotopic (exact) mass is 338 g/mol. The summed E-state index contributed by atoms with van der Waals surface area (Å²) in [7, 11) is 0. The van der Waals surface area contributed by atoms with Crippen LogP contribution in [0.3, 0.4) is 0 Å². The molecule has 1 aromatic carbocycles. The van der Waals surface area contributed by atoms with Gasteiger partial charge in [0, 0.05) is 11.4 Å². The highest BCUT2D eigenvalue weighted by atomic mass is 32.1. The lowest BCUT2D eigenvalue weighted by Crippen LogP contribution is -2.10. The zero-order chi connectivity index (χ0) is 16.7. The Morgan fingerprint density at radius 1 is 1.00 bits per heavy atom. The van der Waals surface area contributed by atoms with Crippen LogP contribution in [0.5, 0.6) is 0 Å². The first kappa shape index (κ1) is 15.3. The molecule has 0 saturated heterocycles. The SMILES string of the molecule is Cc1cc(C)nc(Nc2nc(=O)c3cc(F)c(F)c(F)c3s2)n1. The van der Waals surface area contributed by atoms with Gasteiger partial charge >= 0.3 is 0 Å². The van der Waals surface area contributed by atoms with E-state index in [9.17, 15) is 18.0 Å². The fourth-order valence-corrected chi connectivity index (χ4v) is 2.94. The number of nitrogens with one attached hydrogen (secondary N) is 1. The van der Waals surface area contributed by atoms with E-state index in [0.29, 0.717) is 28.8 Å². The third kappa shape index (κ3) is 2.87. The molecule has 118 valence electrons. The van der Waals surface area contributed by atoms with Gasteiger partial charge in [-0.15, -0.1) is 0 Å². The summed E-state index contributed by atoms with van der Waals surface area (Å²) in [5.74, 6) is -4.31. The van der Waals surface area contributed by atoms with Crippen molar-refractivity contribution in [2.75, 3.05) is 5.32 Å². The molecule has 2 aromatic heterocycles. The number of nitrogens with zero attached hydrogens (tertiary/aromatic N) is 3. The standard InChI is InChI=1S/C14H9F3N4OS/c1-5-3-6(2)19-13(18-5)21-14-20-12(22)7-4-8(15)9(16)10(17)11(7)23-14/h3-4H,1-2H3,(H,18,19,20,21,22). The molecule has 1 N–H and O–H groups in total. The fourth-order valence-electron chi connectivity index (χ4n) is 2.04. The van der Waals surface area contributed by atoms with Gasteiger partial charge in [-0.2, -0.15) is 4.98 Å². The number of halogens is 3. The Balaban J connectivity index is 2.14. The average molecular weight is 338 g/mol. The van der Waals surface area contributed by atoms with E-state index in [2.05, 4.69) is 20.3 Å². The van der Waals surface area contributed by atoms with Gasteiger partial charge in [0.05, 0.1) is 10.1 Å². The molecule has 0 unspecified atom stereocenters. The molecule has 0 amide bonds. The summed E-state index contributed by atoms with van der Waals surface area (Å²) in [6.07, 6.45) is 0. The smallest absolute Gasteiger partial charge is 0.281 e. The van der Waals surface area contributed by atoms with E-state index in [1.165, 1.54) is 0 Å². The van der Waals surface area contributed by atoms with Crippen molar-refractivity contribution < 1.29 is 13.2 Å². The first-order valence-electron chi connectivity index (χ1n) is 6.43. The number of anilines is 2. The van der Waals surface area contributed by atoms with E-state index in [1.807, 2.05) is 0 Å². The van der Waals surface area contributed by atoms with Crippen LogP contribution in [0.1, 0.15) is 11.4 Å². The second kappa shape index (κ2) is 5.58. The number of aromatic nitrogens is 3. The summed E-state index contributed by atoms with van der Waals surface area (Å²) in [6.45, 7) is 3.52. The highest BCUT2D eigenvalue weighted by Gasteiger charge is 2.18. The number of hydrogen-bond donors (Lipinski definition) is 1. The van der Waals surface area contributed by atoms with Gasteiger partial charge in [0.25, 0.3) is 5.56 Å². The van der Waals surface area contributed by atoms with Gasteiger partial charge in [0.1, 0.15) is 0 Å². The summed E-state index contributed by atoms with van der Waals surface area (Å²) in [6, 6.07) is 2.38. The molecule has 9 heteroatoms. The molecule has 0 aliphatic carbocycles. The number of fused-ring (bicyclic) bond motifs is 1. The van der Waals surface area contributed by atoms with E-state index in [1.54, 1.807) is 19.9 Å². The molecule has 0 spiro atoms. The van der Waals surface area contributed by atoms with Gasteiger partial charge in [0.2, 0.25) is 5.95 Å². The van der Waals surface area contributed by atoms with Crippen LogP contribution in [0.2, 0.25) is 0 Å². The molecule has 0 atom stereocenters. The van der Waals surface area contributed by atoms with Gasteiger partial charge in [-0.05, 0) is 26.0 Å². The maximum absolute atomic E-state index is 13.9. The van der Waals surface area contributed by atoms with Crippen molar-refractivity contribution >= 4 is 32.5 Å². The van der Waals surface area contributed by atoms with Gasteiger partial charge in [-0.25, -0.2) is 23.1 Å². The summed E-state index contributed by atoms with van der Waals surface area (Å²) in [5, 5.41) is 2.34. The molecule has 3 rings (SSSR count). The van der Waals surface area contributed by atoms with Crippen molar-refractivity contribution in [1.82, 2.24) is 15.0 Å². The third-order valence-corrected chi connectivity index (χ3v) is 3.94. The minimum absolute atomic E-state index is 0.0163. The zero-order valence-corrected chi connectivity index (χ0v) is 12.8. The zero-order valence-electron chi connectivity index (χ0n) is 11.9. The van der Waals surface area contributed by atoms with Crippen molar-refractivity contribution in [1.29, 1.82) is 0 Å². The molecule has 0 aliphatic rings. The molecule has 3 aromatic rings. The summed E-state index contributed by atoms with van der Waals surface area (Å²) >= 11 is 0.673. The van der Waals surface area contributed by atoms with E-state index in [-0.39, 0.29) is 21.2 Å². The molecular weight excluding hydrogens is 329 g/mol. The Kier molecular flexibility index (Phi) is 3.72. The van der Waals surface area contributed by atoms with E-state index in [4.69, 9.17) is 0 Å². The Bertz CT molecular complexity index is 970. The first-order valence-corrected chi connectivity index (χ1v) is 7.24. The number of benzene rings is 1. The number of aryl methyl sites for hydroxylation is 2. The topological polar surface area (TPSA) is 67.8 Å². The second-order valence-electron chi connectivity index (χ2n) is 4.79. The highest BCUT2D eigenvalue weighted by Crippen LogP contribution is 2.28. The Labute approximate surface area is 131 Å². The minimum Gasteiger partial charge on any atom is -0.300 e. The van der Waals surface area contributed by atoms with Gasteiger partial charge < -0.3 is 0 Å². The van der Waals surface area contributed by atoms with Crippen molar-refractivity contribution in [3.8, 4) is 0 Å². The van der Waals surface area contributed by atoms with Crippen molar-refractivity contribution in [2.24, 2.45) is 0 Å². The molecule has 0 aliphatic heterocycles. The maximum atomic E-state index is 13.9. The number of hydrogen-bond acceptors (Lipinski definition) is 6.